The molecule has 3 N–H and O–H groups in total. The Balaban J connectivity index is 3.31. The Labute approximate surface area is 122 Å². The van der Waals surface area contributed by atoms with Crippen molar-refractivity contribution in [2.24, 2.45) is 5.14 Å². The van der Waals surface area contributed by atoms with Gasteiger partial charge in [-0.3, -0.25) is 9.59 Å². The summed E-state index contributed by atoms with van der Waals surface area (Å²) < 4.78 is 27.7. The lowest BCUT2D eigenvalue weighted by atomic mass is 10.1. The molecule has 0 aromatic heterocycles. The number of sulfonamides is 1. The zero-order chi connectivity index (χ0) is 16.2. The third-order valence-electron chi connectivity index (χ3n) is 2.72. The van der Waals surface area contributed by atoms with Crippen LogP contribution in [0.1, 0.15) is 17.3 Å². The molecule has 8 nitrogen and oxygen atoms in total. The Bertz CT molecular complexity index is 656. The maximum Gasteiger partial charge on any atom is 0.323 e. The Morgan fingerprint density at radius 2 is 2.00 bits per heavy atom. The molecule has 1 amide bonds. The van der Waals surface area contributed by atoms with Crippen LogP contribution in [0.2, 0.25) is 0 Å². The Hall–Kier alpha value is -2.13. The van der Waals surface area contributed by atoms with E-state index in [0.29, 0.717) is 0 Å². The first-order chi connectivity index (χ1) is 9.70. The van der Waals surface area contributed by atoms with E-state index in [9.17, 15) is 18.0 Å². The maximum atomic E-state index is 12.3. The Morgan fingerprint density at radius 3 is 2.43 bits per heavy atom. The number of nitrogens with two attached hydrogens (primary N) is 1. The van der Waals surface area contributed by atoms with Crippen LogP contribution in [-0.2, 0) is 14.8 Å². The van der Waals surface area contributed by atoms with Crippen molar-refractivity contribution in [2.45, 2.75) is 11.8 Å². The van der Waals surface area contributed by atoms with Gasteiger partial charge in [-0.15, -0.1) is 0 Å². The summed E-state index contributed by atoms with van der Waals surface area (Å²) in [5.74, 6) is -1.69. The highest BCUT2D eigenvalue weighted by Gasteiger charge is 2.22. The predicted octanol–water partition coefficient (Wildman–Crippen LogP) is -0.111. The summed E-state index contributed by atoms with van der Waals surface area (Å²) in [4.78, 5) is 23.9. The van der Waals surface area contributed by atoms with Crippen molar-refractivity contribution in [2.75, 3.05) is 20.2 Å². The number of aliphatic carboxylic acids is 1. The molecular weight excluding hydrogens is 300 g/mol. The molecule has 1 aromatic rings. The fourth-order valence-corrected chi connectivity index (χ4v) is 2.23. The number of rotatable bonds is 6. The standard InChI is InChI=1S/C12H16N2O6S/c1-3-14(7-11(15)16)12(17)9-6-8(21(13,18)19)4-5-10(9)20-2/h4-6H,3,7H2,1-2H3,(H,15,16)(H2,13,18,19). The van der Waals surface area contributed by atoms with E-state index in [-0.39, 0.29) is 22.8 Å². The quantitative estimate of drug-likeness (QED) is 0.754. The van der Waals surface area contributed by atoms with Gasteiger partial charge in [0.2, 0.25) is 10.0 Å². The number of methoxy groups -OCH3 is 1. The van der Waals surface area contributed by atoms with Gasteiger partial charge in [0.15, 0.2) is 0 Å². The predicted molar refractivity (Wildman–Crippen MR) is 73.6 cm³/mol. The van der Waals surface area contributed by atoms with E-state index in [2.05, 4.69) is 0 Å². The number of hydrogen-bond acceptors (Lipinski definition) is 5. The maximum absolute atomic E-state index is 12.3. The molecule has 0 saturated heterocycles. The molecule has 0 radical (unpaired) electrons. The summed E-state index contributed by atoms with van der Waals surface area (Å²) in [7, 11) is -2.67. The van der Waals surface area contributed by atoms with E-state index >= 15 is 0 Å². The van der Waals surface area contributed by atoms with Crippen molar-refractivity contribution in [1.29, 1.82) is 0 Å². The van der Waals surface area contributed by atoms with Gasteiger partial charge in [-0.25, -0.2) is 13.6 Å². The highest BCUT2D eigenvalue weighted by molar-refractivity contribution is 7.89. The van der Waals surface area contributed by atoms with Crippen LogP contribution in [0, 0.1) is 0 Å². The molecule has 0 aliphatic carbocycles. The van der Waals surface area contributed by atoms with Crippen LogP contribution in [0.25, 0.3) is 0 Å². The largest absolute Gasteiger partial charge is 0.496 e. The summed E-state index contributed by atoms with van der Waals surface area (Å²) in [5.41, 5.74) is -0.0628. The molecule has 0 saturated carbocycles. The Kier molecular flexibility index (Phi) is 5.28. The van der Waals surface area contributed by atoms with Crippen molar-refractivity contribution >= 4 is 21.9 Å². The number of hydrogen-bond donors (Lipinski definition) is 2. The minimum atomic E-state index is -3.98. The lowest BCUT2D eigenvalue weighted by Crippen LogP contribution is -2.35. The summed E-state index contributed by atoms with van der Waals surface area (Å²) in [6, 6.07) is 3.57. The third-order valence-corrected chi connectivity index (χ3v) is 3.64. The van der Waals surface area contributed by atoms with E-state index in [1.54, 1.807) is 6.92 Å². The molecule has 0 bridgehead atoms. The fourth-order valence-electron chi connectivity index (χ4n) is 1.69. The van der Waals surface area contributed by atoms with Crippen molar-refractivity contribution in [3.63, 3.8) is 0 Å². The number of carbonyl (C=O) groups is 2. The van der Waals surface area contributed by atoms with Gasteiger partial charge in [0.25, 0.3) is 5.91 Å². The lowest BCUT2D eigenvalue weighted by Gasteiger charge is -2.20. The number of carboxylic acid groups (broad SMARTS) is 1. The molecule has 0 unspecified atom stereocenters. The number of ether oxygens (including phenoxy) is 1. The molecule has 9 heteroatoms. The molecule has 0 fully saturated rings. The second kappa shape index (κ2) is 6.55. The number of nitrogens with zero attached hydrogens (tertiary/aromatic N) is 1. The highest BCUT2D eigenvalue weighted by atomic mass is 32.2. The van der Waals surface area contributed by atoms with E-state index in [0.717, 1.165) is 11.0 Å². The molecule has 116 valence electrons. The summed E-state index contributed by atoms with van der Waals surface area (Å²) in [5, 5.41) is 13.8. The van der Waals surface area contributed by atoms with Gasteiger partial charge in [-0.05, 0) is 25.1 Å². The van der Waals surface area contributed by atoms with E-state index in [1.807, 2.05) is 0 Å². The number of carboxylic acids is 1. The van der Waals surface area contributed by atoms with Crippen molar-refractivity contribution in [1.82, 2.24) is 4.90 Å². The number of carbonyl (C=O) groups excluding carboxylic acids is 1. The van der Waals surface area contributed by atoms with Crippen LogP contribution in [-0.4, -0.2) is 50.5 Å². The average Bonchev–Trinajstić information content (AvgIpc) is 2.42. The number of amides is 1. The highest BCUT2D eigenvalue weighted by Crippen LogP contribution is 2.23. The summed E-state index contributed by atoms with van der Waals surface area (Å²) >= 11 is 0. The van der Waals surface area contributed by atoms with Crippen LogP contribution in [0.15, 0.2) is 23.1 Å². The minimum Gasteiger partial charge on any atom is -0.496 e. The molecule has 1 rings (SSSR count). The van der Waals surface area contributed by atoms with Crippen LogP contribution in [0.3, 0.4) is 0 Å². The zero-order valence-corrected chi connectivity index (χ0v) is 12.4. The zero-order valence-electron chi connectivity index (χ0n) is 11.6. The average molecular weight is 316 g/mol. The molecular formula is C12H16N2O6S. The SMILES string of the molecule is CCN(CC(=O)O)C(=O)c1cc(S(N)(=O)=O)ccc1OC. The van der Waals surface area contributed by atoms with Gasteiger partial charge in [-0.1, -0.05) is 0 Å². The van der Waals surface area contributed by atoms with E-state index < -0.39 is 28.4 Å². The summed E-state index contributed by atoms with van der Waals surface area (Å²) in [6.45, 7) is 1.25. The first kappa shape index (κ1) is 16.9. The fraction of sp³-hybridized carbons (Fsp3) is 0.333. The smallest absolute Gasteiger partial charge is 0.323 e. The molecule has 0 aliphatic rings. The van der Waals surface area contributed by atoms with Crippen LogP contribution in [0.4, 0.5) is 0 Å². The lowest BCUT2D eigenvalue weighted by molar-refractivity contribution is -0.137. The normalized spacial score (nSPS) is 11.0. The van der Waals surface area contributed by atoms with Crippen molar-refractivity contribution in [3.8, 4) is 5.75 Å². The molecule has 0 aliphatic heterocycles. The Morgan fingerprint density at radius 1 is 1.38 bits per heavy atom. The van der Waals surface area contributed by atoms with Gasteiger partial charge in [-0.2, -0.15) is 0 Å². The van der Waals surface area contributed by atoms with Gasteiger partial charge >= 0.3 is 5.97 Å². The molecule has 1 aromatic carbocycles. The van der Waals surface area contributed by atoms with Gasteiger partial charge in [0, 0.05) is 6.54 Å². The van der Waals surface area contributed by atoms with E-state index in [1.165, 1.54) is 19.2 Å². The van der Waals surface area contributed by atoms with Gasteiger partial charge < -0.3 is 14.7 Å². The van der Waals surface area contributed by atoms with Crippen LogP contribution >= 0.6 is 0 Å². The topological polar surface area (TPSA) is 127 Å². The van der Waals surface area contributed by atoms with Gasteiger partial charge in [0.05, 0.1) is 17.6 Å². The summed E-state index contributed by atoms with van der Waals surface area (Å²) in [6.07, 6.45) is 0. The molecule has 0 spiro atoms. The number of primary sulfonamides is 1. The van der Waals surface area contributed by atoms with Gasteiger partial charge in [0.1, 0.15) is 12.3 Å². The first-order valence-corrected chi connectivity index (χ1v) is 7.47. The minimum absolute atomic E-state index is 0.0628. The van der Waals surface area contributed by atoms with Crippen molar-refractivity contribution < 1.29 is 27.9 Å². The van der Waals surface area contributed by atoms with E-state index in [4.69, 9.17) is 15.0 Å². The molecule has 21 heavy (non-hydrogen) atoms. The number of likely N-dealkylation sites (N-methyl/N-ethyl adjacent to an activating group) is 1. The second-order valence-electron chi connectivity index (χ2n) is 4.12. The van der Waals surface area contributed by atoms with Crippen LogP contribution < -0.4 is 9.88 Å². The van der Waals surface area contributed by atoms with Crippen molar-refractivity contribution in [3.05, 3.63) is 23.8 Å². The van der Waals surface area contributed by atoms with Crippen LogP contribution in [0.5, 0.6) is 5.75 Å². The monoisotopic (exact) mass is 316 g/mol. The third kappa shape index (κ3) is 4.17. The number of benzene rings is 1. The molecule has 0 atom stereocenters. The molecule has 0 heterocycles. The second-order valence-corrected chi connectivity index (χ2v) is 5.68. The first-order valence-electron chi connectivity index (χ1n) is 5.92.